The lowest BCUT2D eigenvalue weighted by Crippen LogP contribution is -2.38. The van der Waals surface area contributed by atoms with Crippen molar-refractivity contribution in [1.82, 2.24) is 14.9 Å². The number of carbonyl (C=O) groups excluding carboxylic acids is 1. The summed E-state index contributed by atoms with van der Waals surface area (Å²) in [4.78, 5) is 23.4. The lowest BCUT2D eigenvalue weighted by molar-refractivity contribution is 0.140. The molecule has 0 aliphatic heterocycles. The summed E-state index contributed by atoms with van der Waals surface area (Å²) in [5.41, 5.74) is 2.87. The Kier molecular flexibility index (Phi) is 4.93. The van der Waals surface area contributed by atoms with E-state index in [-0.39, 0.29) is 11.9 Å². The summed E-state index contributed by atoms with van der Waals surface area (Å²) < 4.78 is 5.64. The topological polar surface area (TPSA) is 55.3 Å². The first-order valence-electron chi connectivity index (χ1n) is 8.40. The Hall–Kier alpha value is -2.95. The van der Waals surface area contributed by atoms with Gasteiger partial charge in [0.1, 0.15) is 5.69 Å². The van der Waals surface area contributed by atoms with E-state index in [4.69, 9.17) is 4.74 Å². The number of rotatable bonds is 4. The first kappa shape index (κ1) is 16.9. The molecule has 25 heavy (non-hydrogen) atoms. The maximum Gasteiger partial charge on any atom is 0.416 e. The van der Waals surface area contributed by atoms with E-state index in [1.54, 1.807) is 4.90 Å². The van der Waals surface area contributed by atoms with Gasteiger partial charge in [-0.3, -0.25) is 0 Å². The van der Waals surface area contributed by atoms with E-state index in [0.29, 0.717) is 17.8 Å². The highest BCUT2D eigenvalue weighted by atomic mass is 16.6. The number of carbonyl (C=O) groups is 1. The third kappa shape index (κ3) is 3.60. The molecule has 0 saturated carbocycles. The van der Waals surface area contributed by atoms with Gasteiger partial charge in [0.15, 0.2) is 0 Å². The number of hydrogen-bond donors (Lipinski definition) is 0. The molecule has 1 heterocycles. The van der Waals surface area contributed by atoms with Gasteiger partial charge in [0.2, 0.25) is 0 Å². The van der Waals surface area contributed by atoms with Gasteiger partial charge in [-0.15, -0.1) is 0 Å². The van der Waals surface area contributed by atoms with Gasteiger partial charge in [-0.25, -0.2) is 14.8 Å². The molecule has 3 aromatic rings. The van der Waals surface area contributed by atoms with Gasteiger partial charge in [0.25, 0.3) is 5.88 Å². The summed E-state index contributed by atoms with van der Waals surface area (Å²) in [7, 11) is 0. The molecule has 0 N–H and O–H groups in total. The first-order valence-corrected chi connectivity index (χ1v) is 8.40. The molecule has 0 radical (unpaired) electrons. The zero-order valence-electron chi connectivity index (χ0n) is 14.6. The van der Waals surface area contributed by atoms with Crippen LogP contribution in [0.2, 0.25) is 0 Å². The number of ether oxygens (including phenoxy) is 1. The zero-order valence-corrected chi connectivity index (χ0v) is 14.6. The Balaban J connectivity index is 2.07. The molecule has 3 rings (SSSR count). The average Bonchev–Trinajstić information content (AvgIpc) is 2.62. The van der Waals surface area contributed by atoms with Crippen LogP contribution in [0.5, 0.6) is 5.88 Å². The smallest absolute Gasteiger partial charge is 0.389 e. The van der Waals surface area contributed by atoms with Crippen LogP contribution in [0, 0.1) is 0 Å². The van der Waals surface area contributed by atoms with Crippen LogP contribution < -0.4 is 4.74 Å². The summed E-state index contributed by atoms with van der Waals surface area (Å²) in [6.07, 6.45) is -0.417. The minimum atomic E-state index is -0.417. The van der Waals surface area contributed by atoms with Gasteiger partial charge in [0.05, 0.1) is 11.0 Å². The fourth-order valence-electron chi connectivity index (χ4n) is 2.69. The number of fused-ring (bicyclic) bond motifs is 1. The van der Waals surface area contributed by atoms with Crippen molar-refractivity contribution in [3.63, 3.8) is 0 Å². The second kappa shape index (κ2) is 7.30. The fraction of sp³-hybridized carbons (Fsp3) is 0.250. The van der Waals surface area contributed by atoms with Gasteiger partial charge in [-0.2, -0.15) is 0 Å². The first-order chi connectivity index (χ1) is 12.1. The normalized spacial score (nSPS) is 10.9. The average molecular weight is 335 g/mol. The second-order valence-electron chi connectivity index (χ2n) is 5.98. The predicted octanol–water partition coefficient (Wildman–Crippen LogP) is 4.53. The fourth-order valence-corrected chi connectivity index (χ4v) is 2.69. The van der Waals surface area contributed by atoms with Crippen molar-refractivity contribution in [3.05, 3.63) is 54.6 Å². The number of hydrogen-bond acceptors (Lipinski definition) is 4. The summed E-state index contributed by atoms with van der Waals surface area (Å²) >= 11 is 0. The molecule has 0 aliphatic rings. The van der Waals surface area contributed by atoms with Crippen LogP contribution in [0.15, 0.2) is 54.6 Å². The highest BCUT2D eigenvalue weighted by molar-refractivity contribution is 5.81. The SMILES string of the molecule is CCN(C(=O)Oc1nc2ccccc2nc1-c1ccccc1)C(C)C. The van der Waals surface area contributed by atoms with Gasteiger partial charge in [-0.1, -0.05) is 42.5 Å². The maximum absolute atomic E-state index is 12.5. The van der Waals surface area contributed by atoms with Crippen LogP contribution in [0.25, 0.3) is 22.3 Å². The Bertz CT molecular complexity index is 879. The van der Waals surface area contributed by atoms with Crippen molar-refractivity contribution < 1.29 is 9.53 Å². The Morgan fingerprint density at radius 2 is 1.60 bits per heavy atom. The molecular formula is C20H21N3O2. The van der Waals surface area contributed by atoms with E-state index >= 15 is 0 Å². The van der Waals surface area contributed by atoms with Crippen LogP contribution in [0.1, 0.15) is 20.8 Å². The van der Waals surface area contributed by atoms with Crippen LogP contribution in [-0.4, -0.2) is 33.5 Å². The molecular weight excluding hydrogens is 314 g/mol. The number of benzene rings is 2. The summed E-state index contributed by atoms with van der Waals surface area (Å²) in [5, 5.41) is 0. The van der Waals surface area contributed by atoms with E-state index in [0.717, 1.165) is 11.1 Å². The van der Waals surface area contributed by atoms with Gasteiger partial charge in [0, 0.05) is 18.2 Å². The Labute approximate surface area is 147 Å². The van der Waals surface area contributed by atoms with E-state index in [1.807, 2.05) is 75.4 Å². The Morgan fingerprint density at radius 3 is 2.20 bits per heavy atom. The number of nitrogens with zero attached hydrogens (tertiary/aromatic N) is 3. The third-order valence-corrected chi connectivity index (χ3v) is 3.97. The quantitative estimate of drug-likeness (QED) is 0.703. The maximum atomic E-state index is 12.5. The van der Waals surface area contributed by atoms with E-state index < -0.39 is 6.09 Å². The van der Waals surface area contributed by atoms with Crippen molar-refractivity contribution in [2.45, 2.75) is 26.8 Å². The summed E-state index contributed by atoms with van der Waals surface area (Å²) in [6, 6.07) is 17.2. The minimum Gasteiger partial charge on any atom is -0.389 e. The van der Waals surface area contributed by atoms with Gasteiger partial charge < -0.3 is 9.64 Å². The third-order valence-electron chi connectivity index (χ3n) is 3.97. The molecule has 1 aromatic heterocycles. The highest BCUT2D eigenvalue weighted by Gasteiger charge is 2.21. The van der Waals surface area contributed by atoms with Crippen LogP contribution >= 0.6 is 0 Å². The second-order valence-corrected chi connectivity index (χ2v) is 5.98. The molecule has 0 atom stereocenters. The standard InChI is InChI=1S/C20H21N3O2/c1-4-23(14(2)3)20(24)25-19-18(15-10-6-5-7-11-15)21-16-12-8-9-13-17(16)22-19/h5-14H,4H2,1-3H3. The largest absolute Gasteiger partial charge is 0.416 e. The Morgan fingerprint density at radius 1 is 1.00 bits per heavy atom. The molecule has 0 saturated heterocycles. The molecule has 0 aliphatic carbocycles. The van der Waals surface area contributed by atoms with Crippen molar-refractivity contribution in [3.8, 4) is 17.1 Å². The van der Waals surface area contributed by atoms with E-state index in [1.165, 1.54) is 0 Å². The monoisotopic (exact) mass is 335 g/mol. The predicted molar refractivity (Wildman–Crippen MR) is 98.5 cm³/mol. The zero-order chi connectivity index (χ0) is 17.8. The molecule has 1 amide bonds. The van der Waals surface area contributed by atoms with Crippen molar-refractivity contribution in [2.24, 2.45) is 0 Å². The van der Waals surface area contributed by atoms with Crippen molar-refractivity contribution in [1.29, 1.82) is 0 Å². The lowest BCUT2D eigenvalue weighted by atomic mass is 10.1. The van der Waals surface area contributed by atoms with Gasteiger partial charge in [-0.05, 0) is 32.9 Å². The molecule has 0 unspecified atom stereocenters. The summed E-state index contributed by atoms with van der Waals surface area (Å²) in [5.74, 6) is 0.231. The molecule has 5 nitrogen and oxygen atoms in total. The highest BCUT2D eigenvalue weighted by Crippen LogP contribution is 2.29. The number of aromatic nitrogens is 2. The van der Waals surface area contributed by atoms with E-state index in [9.17, 15) is 4.79 Å². The molecule has 2 aromatic carbocycles. The summed E-state index contributed by atoms with van der Waals surface area (Å²) in [6.45, 7) is 6.40. The van der Waals surface area contributed by atoms with Crippen LogP contribution in [-0.2, 0) is 0 Å². The van der Waals surface area contributed by atoms with Gasteiger partial charge >= 0.3 is 6.09 Å². The number of para-hydroxylation sites is 2. The molecule has 0 fully saturated rings. The van der Waals surface area contributed by atoms with Crippen LogP contribution in [0.4, 0.5) is 4.79 Å². The molecule has 0 spiro atoms. The van der Waals surface area contributed by atoms with E-state index in [2.05, 4.69) is 9.97 Å². The van der Waals surface area contributed by atoms with Crippen LogP contribution in [0.3, 0.4) is 0 Å². The minimum absolute atomic E-state index is 0.0473. The van der Waals surface area contributed by atoms with Crippen molar-refractivity contribution >= 4 is 17.1 Å². The molecule has 0 bridgehead atoms. The molecule has 5 heteroatoms. The number of amides is 1. The van der Waals surface area contributed by atoms with Crippen molar-refractivity contribution in [2.75, 3.05) is 6.54 Å². The lowest BCUT2D eigenvalue weighted by Gasteiger charge is -2.24. The molecule has 128 valence electrons.